The summed E-state index contributed by atoms with van der Waals surface area (Å²) in [5.41, 5.74) is 0.0603. The van der Waals surface area contributed by atoms with Crippen molar-refractivity contribution in [3.8, 4) is 0 Å². The maximum absolute atomic E-state index is 14.1. The molecule has 0 unspecified atom stereocenters. The fraction of sp³-hybridized carbons (Fsp3) is 0.625. The molecule has 5 heteroatoms. The second-order valence-electron chi connectivity index (χ2n) is 5.89. The summed E-state index contributed by atoms with van der Waals surface area (Å²) in [5, 5.41) is 5.67. The van der Waals surface area contributed by atoms with Gasteiger partial charge in [-0.2, -0.15) is 0 Å². The number of halogens is 1. The van der Waals surface area contributed by atoms with Gasteiger partial charge in [0.2, 0.25) is 0 Å². The maximum atomic E-state index is 14.1. The average molecular weight is 293 g/mol. The van der Waals surface area contributed by atoms with E-state index < -0.39 is 5.82 Å². The van der Waals surface area contributed by atoms with Crippen molar-refractivity contribution in [2.45, 2.75) is 39.5 Å². The van der Waals surface area contributed by atoms with Gasteiger partial charge in [-0.25, -0.2) is 9.37 Å². The molecule has 1 heterocycles. The van der Waals surface area contributed by atoms with Gasteiger partial charge in [0.15, 0.2) is 11.6 Å². The average Bonchev–Trinajstić information content (AvgIpc) is 2.49. The highest BCUT2D eigenvalue weighted by molar-refractivity contribution is 5.95. The quantitative estimate of drug-likeness (QED) is 0.876. The van der Waals surface area contributed by atoms with Gasteiger partial charge in [0.05, 0.1) is 5.56 Å². The van der Waals surface area contributed by atoms with Gasteiger partial charge >= 0.3 is 0 Å². The molecule has 0 saturated heterocycles. The van der Waals surface area contributed by atoms with Crippen LogP contribution in [-0.2, 0) is 0 Å². The zero-order valence-corrected chi connectivity index (χ0v) is 12.8. The molecule has 2 N–H and O–H groups in total. The molecule has 1 aromatic rings. The van der Waals surface area contributed by atoms with Gasteiger partial charge < -0.3 is 10.6 Å². The predicted octanol–water partition coefficient (Wildman–Crippen LogP) is 3.21. The lowest BCUT2D eigenvalue weighted by Crippen LogP contribution is -2.31. The highest BCUT2D eigenvalue weighted by Gasteiger charge is 2.20. The van der Waals surface area contributed by atoms with Gasteiger partial charge in [0.1, 0.15) is 0 Å². The summed E-state index contributed by atoms with van der Waals surface area (Å²) in [4.78, 5) is 16.0. The molecule has 4 nitrogen and oxygen atoms in total. The molecule has 1 fully saturated rings. The SMILES string of the molecule is CCNc1nccc(C(=O)NCC2CCC(C)CC2)c1F. The van der Waals surface area contributed by atoms with Crippen LogP contribution >= 0.6 is 0 Å². The second-order valence-corrected chi connectivity index (χ2v) is 5.89. The Balaban J connectivity index is 1.93. The van der Waals surface area contributed by atoms with Crippen molar-refractivity contribution >= 4 is 11.7 Å². The number of carbonyl (C=O) groups is 1. The summed E-state index contributed by atoms with van der Waals surface area (Å²) in [6.45, 7) is 5.32. The van der Waals surface area contributed by atoms with E-state index in [-0.39, 0.29) is 17.3 Å². The summed E-state index contributed by atoms with van der Waals surface area (Å²) < 4.78 is 14.1. The fourth-order valence-electron chi connectivity index (χ4n) is 2.78. The molecular weight excluding hydrogens is 269 g/mol. The van der Waals surface area contributed by atoms with Crippen molar-refractivity contribution in [2.24, 2.45) is 11.8 Å². The number of amides is 1. The molecule has 1 aliphatic carbocycles. The van der Waals surface area contributed by atoms with E-state index in [0.29, 0.717) is 19.0 Å². The Morgan fingerprint density at radius 2 is 2.10 bits per heavy atom. The largest absolute Gasteiger partial charge is 0.368 e. The maximum Gasteiger partial charge on any atom is 0.254 e. The second kappa shape index (κ2) is 7.38. The van der Waals surface area contributed by atoms with Crippen LogP contribution in [-0.4, -0.2) is 24.0 Å². The Kier molecular flexibility index (Phi) is 5.53. The Bertz CT molecular complexity index is 484. The van der Waals surface area contributed by atoms with E-state index in [0.717, 1.165) is 18.8 Å². The van der Waals surface area contributed by atoms with E-state index in [2.05, 4.69) is 22.5 Å². The van der Waals surface area contributed by atoms with Crippen LogP contribution in [0.1, 0.15) is 49.9 Å². The number of hydrogen-bond donors (Lipinski definition) is 2. The zero-order chi connectivity index (χ0) is 15.2. The minimum atomic E-state index is -0.575. The van der Waals surface area contributed by atoms with Crippen LogP contribution in [0.15, 0.2) is 12.3 Å². The highest BCUT2D eigenvalue weighted by Crippen LogP contribution is 2.27. The van der Waals surface area contributed by atoms with Crippen molar-refractivity contribution < 1.29 is 9.18 Å². The first-order valence-electron chi connectivity index (χ1n) is 7.78. The predicted molar refractivity (Wildman–Crippen MR) is 81.8 cm³/mol. The molecule has 1 aromatic heterocycles. The molecule has 0 aliphatic heterocycles. The molecule has 0 aromatic carbocycles. The number of rotatable bonds is 5. The summed E-state index contributed by atoms with van der Waals surface area (Å²) in [6, 6.07) is 1.43. The fourth-order valence-corrected chi connectivity index (χ4v) is 2.78. The minimum Gasteiger partial charge on any atom is -0.368 e. The molecule has 116 valence electrons. The van der Waals surface area contributed by atoms with Gasteiger partial charge in [0.25, 0.3) is 5.91 Å². The third-order valence-electron chi connectivity index (χ3n) is 4.16. The Hall–Kier alpha value is -1.65. The van der Waals surface area contributed by atoms with Crippen molar-refractivity contribution in [3.05, 3.63) is 23.6 Å². The van der Waals surface area contributed by atoms with E-state index in [1.165, 1.54) is 25.1 Å². The number of aromatic nitrogens is 1. The van der Waals surface area contributed by atoms with Gasteiger partial charge in [0, 0.05) is 19.3 Å². The monoisotopic (exact) mass is 293 g/mol. The third kappa shape index (κ3) is 4.16. The molecule has 21 heavy (non-hydrogen) atoms. The van der Waals surface area contributed by atoms with Crippen molar-refractivity contribution in [3.63, 3.8) is 0 Å². The van der Waals surface area contributed by atoms with Gasteiger partial charge in [-0.05, 0) is 37.7 Å². The number of nitrogens with zero attached hydrogens (tertiary/aromatic N) is 1. The van der Waals surface area contributed by atoms with Crippen LogP contribution in [0.3, 0.4) is 0 Å². The lowest BCUT2D eigenvalue weighted by molar-refractivity contribution is 0.0938. The van der Waals surface area contributed by atoms with Crippen molar-refractivity contribution in [1.82, 2.24) is 10.3 Å². The highest BCUT2D eigenvalue weighted by atomic mass is 19.1. The van der Waals surface area contributed by atoms with Crippen LogP contribution in [0.5, 0.6) is 0 Å². The van der Waals surface area contributed by atoms with Crippen molar-refractivity contribution in [2.75, 3.05) is 18.4 Å². The molecule has 1 amide bonds. The number of nitrogens with one attached hydrogen (secondary N) is 2. The van der Waals surface area contributed by atoms with Crippen LogP contribution < -0.4 is 10.6 Å². The molecule has 1 aliphatic rings. The molecule has 0 bridgehead atoms. The van der Waals surface area contributed by atoms with Crippen LogP contribution in [0.4, 0.5) is 10.2 Å². The van der Waals surface area contributed by atoms with Crippen LogP contribution in [0.25, 0.3) is 0 Å². The number of carbonyl (C=O) groups excluding carboxylic acids is 1. The minimum absolute atomic E-state index is 0.0603. The number of hydrogen-bond acceptors (Lipinski definition) is 3. The Morgan fingerprint density at radius 3 is 2.76 bits per heavy atom. The molecule has 2 rings (SSSR count). The Labute approximate surface area is 125 Å². The normalized spacial score (nSPS) is 21.9. The topological polar surface area (TPSA) is 54.0 Å². The van der Waals surface area contributed by atoms with Crippen LogP contribution in [0, 0.1) is 17.7 Å². The summed E-state index contributed by atoms with van der Waals surface area (Å²) >= 11 is 0. The van der Waals surface area contributed by atoms with E-state index in [4.69, 9.17) is 0 Å². The van der Waals surface area contributed by atoms with E-state index in [9.17, 15) is 9.18 Å². The Morgan fingerprint density at radius 1 is 1.38 bits per heavy atom. The van der Waals surface area contributed by atoms with Gasteiger partial charge in [-0.15, -0.1) is 0 Å². The van der Waals surface area contributed by atoms with Crippen LogP contribution in [0.2, 0.25) is 0 Å². The molecule has 1 saturated carbocycles. The van der Waals surface area contributed by atoms with Gasteiger partial charge in [-0.3, -0.25) is 4.79 Å². The molecular formula is C16H24FN3O. The molecule has 0 atom stereocenters. The third-order valence-corrected chi connectivity index (χ3v) is 4.16. The lowest BCUT2D eigenvalue weighted by atomic mass is 9.83. The molecule has 0 spiro atoms. The smallest absolute Gasteiger partial charge is 0.254 e. The first kappa shape index (κ1) is 15.7. The standard InChI is InChI=1S/C16H24FN3O/c1-3-18-15-14(17)13(8-9-19-15)16(21)20-10-12-6-4-11(2)5-7-12/h8-9,11-12H,3-7,10H2,1-2H3,(H,18,19)(H,20,21). The number of anilines is 1. The zero-order valence-electron chi connectivity index (χ0n) is 12.8. The van der Waals surface area contributed by atoms with Gasteiger partial charge in [-0.1, -0.05) is 19.8 Å². The number of pyridine rings is 1. The first-order valence-corrected chi connectivity index (χ1v) is 7.78. The van der Waals surface area contributed by atoms with Crippen molar-refractivity contribution in [1.29, 1.82) is 0 Å². The molecule has 0 radical (unpaired) electrons. The van der Waals surface area contributed by atoms with E-state index >= 15 is 0 Å². The van der Waals surface area contributed by atoms with E-state index in [1.54, 1.807) is 0 Å². The summed E-state index contributed by atoms with van der Waals surface area (Å²) in [7, 11) is 0. The summed E-state index contributed by atoms with van der Waals surface area (Å²) in [5.74, 6) is 0.513. The first-order chi connectivity index (χ1) is 10.1. The van der Waals surface area contributed by atoms with E-state index in [1.807, 2.05) is 6.92 Å². The lowest BCUT2D eigenvalue weighted by Gasteiger charge is -2.26. The summed E-state index contributed by atoms with van der Waals surface area (Å²) in [6.07, 6.45) is 6.17.